The summed E-state index contributed by atoms with van der Waals surface area (Å²) in [6.07, 6.45) is 4.67. The molecule has 174 valence electrons. The van der Waals surface area contributed by atoms with E-state index in [9.17, 15) is 9.18 Å². The number of morpholine rings is 1. The number of likely N-dealkylation sites (N-methyl/N-ethyl adjacent to an activating group) is 1. The van der Waals surface area contributed by atoms with E-state index in [1.54, 1.807) is 10.9 Å². The van der Waals surface area contributed by atoms with E-state index in [4.69, 9.17) is 9.47 Å². The van der Waals surface area contributed by atoms with Crippen LogP contribution in [0.25, 0.3) is 0 Å². The molecule has 0 bridgehead atoms. The van der Waals surface area contributed by atoms with Crippen molar-refractivity contribution in [2.24, 2.45) is 7.05 Å². The summed E-state index contributed by atoms with van der Waals surface area (Å²) in [5, 5.41) is 4.34. The molecule has 0 aliphatic carbocycles. The second-order valence-electron chi connectivity index (χ2n) is 8.61. The highest BCUT2D eigenvalue weighted by molar-refractivity contribution is 5.95. The number of aromatic nitrogens is 2. The Bertz CT molecular complexity index is 936. The smallest absolute Gasteiger partial charge is 0.254 e. The van der Waals surface area contributed by atoms with Gasteiger partial charge in [0.05, 0.1) is 32.1 Å². The molecule has 4 rings (SSSR count). The molecule has 0 unspecified atom stereocenters. The lowest BCUT2D eigenvalue weighted by Gasteiger charge is -2.42. The molecule has 2 aliphatic heterocycles. The number of amides is 1. The fourth-order valence-electron chi connectivity index (χ4n) is 4.60. The predicted octanol–water partition coefficient (Wildman–Crippen LogP) is 1.79. The first kappa shape index (κ1) is 22.7. The van der Waals surface area contributed by atoms with Crippen molar-refractivity contribution in [2.75, 3.05) is 60.0 Å². The highest BCUT2D eigenvalue weighted by Gasteiger charge is 2.38. The van der Waals surface area contributed by atoms with Crippen LogP contribution in [0.2, 0.25) is 0 Å². The number of nitrogens with zero attached hydrogens (tertiary/aromatic N) is 5. The van der Waals surface area contributed by atoms with Crippen molar-refractivity contribution in [3.8, 4) is 5.75 Å². The highest BCUT2D eigenvalue weighted by atomic mass is 19.1. The quantitative estimate of drug-likeness (QED) is 0.699. The molecule has 1 amide bonds. The van der Waals surface area contributed by atoms with Crippen LogP contribution in [-0.2, 0) is 11.8 Å². The lowest BCUT2D eigenvalue weighted by Crippen LogP contribution is -2.52. The van der Waals surface area contributed by atoms with Crippen molar-refractivity contribution in [1.82, 2.24) is 24.5 Å². The second kappa shape index (κ2) is 9.97. The molecule has 1 aromatic heterocycles. The zero-order valence-electron chi connectivity index (χ0n) is 19.0. The number of halogens is 1. The van der Waals surface area contributed by atoms with E-state index in [2.05, 4.69) is 21.9 Å². The average molecular weight is 446 g/mol. The van der Waals surface area contributed by atoms with Gasteiger partial charge in [-0.3, -0.25) is 14.4 Å². The standard InChI is InChI=1S/C23H32FN5O3/c1-26-7-4-8-28(10-9-26)16-21-22(18-14-25-27(2)15-18)29(11-12-32-21)23(30)17-5-6-19(24)20(13-17)31-3/h5-6,13-15,21-22H,4,7-12,16H2,1-3H3/t21-,22-/m0/s1. The van der Waals surface area contributed by atoms with Gasteiger partial charge in [-0.05, 0) is 44.8 Å². The zero-order chi connectivity index (χ0) is 22.7. The summed E-state index contributed by atoms with van der Waals surface area (Å²) in [5.74, 6) is -0.591. The fraction of sp³-hybridized carbons (Fsp3) is 0.565. The van der Waals surface area contributed by atoms with E-state index in [-0.39, 0.29) is 23.8 Å². The van der Waals surface area contributed by atoms with Crippen molar-refractivity contribution < 1.29 is 18.7 Å². The predicted molar refractivity (Wildman–Crippen MR) is 118 cm³/mol. The molecule has 9 heteroatoms. The van der Waals surface area contributed by atoms with E-state index >= 15 is 0 Å². The minimum atomic E-state index is -0.487. The third kappa shape index (κ3) is 4.95. The van der Waals surface area contributed by atoms with Gasteiger partial charge in [0.1, 0.15) is 0 Å². The van der Waals surface area contributed by atoms with Gasteiger partial charge in [0.2, 0.25) is 0 Å². The Morgan fingerprint density at radius 1 is 1.22 bits per heavy atom. The fourth-order valence-corrected chi connectivity index (χ4v) is 4.60. The van der Waals surface area contributed by atoms with Crippen molar-refractivity contribution in [3.05, 3.63) is 47.5 Å². The van der Waals surface area contributed by atoms with E-state index < -0.39 is 5.82 Å². The first-order chi connectivity index (χ1) is 15.5. The Morgan fingerprint density at radius 3 is 2.81 bits per heavy atom. The maximum atomic E-state index is 13.9. The number of hydrogen-bond acceptors (Lipinski definition) is 6. The van der Waals surface area contributed by atoms with Gasteiger partial charge in [0, 0.05) is 50.6 Å². The zero-order valence-corrected chi connectivity index (χ0v) is 19.0. The summed E-state index contributed by atoms with van der Waals surface area (Å²) in [6.45, 7) is 5.74. The van der Waals surface area contributed by atoms with Gasteiger partial charge in [-0.2, -0.15) is 5.10 Å². The van der Waals surface area contributed by atoms with Crippen LogP contribution in [0.3, 0.4) is 0 Å². The average Bonchev–Trinajstić information content (AvgIpc) is 3.12. The SMILES string of the molecule is COc1cc(C(=O)N2CCO[C@@H](CN3CCCN(C)CC3)[C@@H]2c2cnn(C)c2)ccc1F. The third-order valence-corrected chi connectivity index (χ3v) is 6.33. The molecule has 0 spiro atoms. The van der Waals surface area contributed by atoms with Crippen LogP contribution in [0.5, 0.6) is 5.75 Å². The van der Waals surface area contributed by atoms with Crippen molar-refractivity contribution in [3.63, 3.8) is 0 Å². The van der Waals surface area contributed by atoms with Crippen LogP contribution in [0.4, 0.5) is 4.39 Å². The molecule has 32 heavy (non-hydrogen) atoms. The third-order valence-electron chi connectivity index (χ3n) is 6.33. The van der Waals surface area contributed by atoms with Crippen molar-refractivity contribution in [2.45, 2.75) is 18.6 Å². The Balaban J connectivity index is 1.61. The minimum absolute atomic E-state index is 0.0623. The Hall–Kier alpha value is -2.49. The van der Waals surface area contributed by atoms with Crippen LogP contribution in [0.1, 0.15) is 28.4 Å². The van der Waals surface area contributed by atoms with Gasteiger partial charge in [-0.1, -0.05) is 0 Å². The number of hydrogen-bond donors (Lipinski definition) is 0. The Morgan fingerprint density at radius 2 is 2.06 bits per heavy atom. The first-order valence-corrected chi connectivity index (χ1v) is 11.1. The maximum absolute atomic E-state index is 13.9. The largest absolute Gasteiger partial charge is 0.494 e. The summed E-state index contributed by atoms with van der Waals surface area (Å²) < 4.78 is 27.0. The molecule has 3 heterocycles. The van der Waals surface area contributed by atoms with Gasteiger partial charge in [-0.15, -0.1) is 0 Å². The highest BCUT2D eigenvalue weighted by Crippen LogP contribution is 2.32. The number of carbonyl (C=O) groups excluding carboxylic acids is 1. The Labute approximate surface area is 188 Å². The molecule has 2 fully saturated rings. The summed E-state index contributed by atoms with van der Waals surface area (Å²) in [5.41, 5.74) is 1.33. The molecular formula is C23H32FN5O3. The van der Waals surface area contributed by atoms with Gasteiger partial charge < -0.3 is 19.3 Å². The molecule has 0 N–H and O–H groups in total. The number of methoxy groups -OCH3 is 1. The van der Waals surface area contributed by atoms with Crippen LogP contribution < -0.4 is 4.74 Å². The molecule has 2 saturated heterocycles. The molecule has 8 nitrogen and oxygen atoms in total. The van der Waals surface area contributed by atoms with Crippen LogP contribution in [0, 0.1) is 5.82 Å². The molecule has 2 aliphatic rings. The summed E-state index contributed by atoms with van der Waals surface area (Å²) in [7, 11) is 5.41. The first-order valence-electron chi connectivity index (χ1n) is 11.1. The molecular weight excluding hydrogens is 413 g/mol. The van der Waals surface area contributed by atoms with Crippen LogP contribution in [0.15, 0.2) is 30.6 Å². The van der Waals surface area contributed by atoms with Gasteiger partial charge >= 0.3 is 0 Å². The van der Waals surface area contributed by atoms with E-state index in [1.807, 2.05) is 18.1 Å². The molecule has 2 aromatic rings. The minimum Gasteiger partial charge on any atom is -0.494 e. The number of aryl methyl sites for hydroxylation is 1. The molecule has 0 radical (unpaired) electrons. The normalized spacial score (nSPS) is 23.2. The van der Waals surface area contributed by atoms with E-state index in [1.165, 1.54) is 25.3 Å². The number of benzene rings is 1. The second-order valence-corrected chi connectivity index (χ2v) is 8.61. The molecule has 0 saturated carbocycles. The lowest BCUT2D eigenvalue weighted by atomic mass is 9.99. The lowest BCUT2D eigenvalue weighted by molar-refractivity contribution is -0.0723. The van der Waals surface area contributed by atoms with E-state index in [0.29, 0.717) is 18.7 Å². The summed E-state index contributed by atoms with van der Waals surface area (Å²) in [6, 6.07) is 3.97. The number of ether oxygens (including phenoxy) is 2. The molecule has 1 aromatic carbocycles. The van der Waals surface area contributed by atoms with Gasteiger partial charge in [0.15, 0.2) is 11.6 Å². The van der Waals surface area contributed by atoms with E-state index in [0.717, 1.165) is 44.7 Å². The van der Waals surface area contributed by atoms with Gasteiger partial charge in [0.25, 0.3) is 5.91 Å². The number of rotatable bonds is 5. The van der Waals surface area contributed by atoms with Crippen LogP contribution >= 0.6 is 0 Å². The van der Waals surface area contributed by atoms with Crippen LogP contribution in [-0.4, -0.2) is 96.5 Å². The summed E-state index contributed by atoms with van der Waals surface area (Å²) >= 11 is 0. The Kier molecular flexibility index (Phi) is 7.07. The van der Waals surface area contributed by atoms with Crippen molar-refractivity contribution >= 4 is 5.91 Å². The topological polar surface area (TPSA) is 63.1 Å². The number of carbonyl (C=O) groups is 1. The molecule has 2 atom stereocenters. The maximum Gasteiger partial charge on any atom is 0.254 e. The summed E-state index contributed by atoms with van der Waals surface area (Å²) in [4.78, 5) is 20.2. The monoisotopic (exact) mass is 445 g/mol. The van der Waals surface area contributed by atoms with Crippen molar-refractivity contribution in [1.29, 1.82) is 0 Å². The van der Waals surface area contributed by atoms with Gasteiger partial charge in [-0.25, -0.2) is 4.39 Å².